The van der Waals surface area contributed by atoms with Crippen molar-refractivity contribution >= 4 is 11.6 Å². The lowest BCUT2D eigenvalue weighted by molar-refractivity contribution is -0.121. The van der Waals surface area contributed by atoms with Crippen molar-refractivity contribution in [2.75, 3.05) is 6.54 Å². The highest BCUT2D eigenvalue weighted by Crippen LogP contribution is 2.29. The number of hydrogen-bond donors (Lipinski definition) is 1. The van der Waals surface area contributed by atoms with Crippen LogP contribution >= 0.6 is 0 Å². The number of hydrogen-bond acceptors (Lipinski definition) is 2. The van der Waals surface area contributed by atoms with Gasteiger partial charge in [0.05, 0.1) is 5.69 Å². The van der Waals surface area contributed by atoms with Gasteiger partial charge in [0.25, 0.3) is 0 Å². The smallest absolute Gasteiger partial charge is 0.221 e. The van der Waals surface area contributed by atoms with Crippen LogP contribution in [0.15, 0.2) is 54.9 Å². The van der Waals surface area contributed by atoms with Crippen LogP contribution in [0.5, 0.6) is 0 Å². The Kier molecular flexibility index (Phi) is 6.00. The molecule has 1 unspecified atom stereocenters. The van der Waals surface area contributed by atoms with Crippen molar-refractivity contribution in [2.24, 2.45) is 0 Å². The lowest BCUT2D eigenvalue weighted by Gasteiger charge is -2.17. The first-order chi connectivity index (χ1) is 12.7. The maximum atomic E-state index is 13.8. The van der Waals surface area contributed by atoms with Crippen LogP contribution in [0.25, 0.3) is 5.65 Å². The molecule has 5 heteroatoms. The molecule has 2 heterocycles. The molecule has 0 saturated carbocycles. The third kappa shape index (κ3) is 4.28. The van der Waals surface area contributed by atoms with Crippen LogP contribution in [0.2, 0.25) is 0 Å². The largest absolute Gasteiger partial charge is 0.356 e. The van der Waals surface area contributed by atoms with Gasteiger partial charge in [0.1, 0.15) is 11.5 Å². The fourth-order valence-corrected chi connectivity index (χ4v) is 3.19. The molecule has 0 radical (unpaired) electrons. The second kappa shape index (κ2) is 8.61. The van der Waals surface area contributed by atoms with E-state index in [-0.39, 0.29) is 24.1 Å². The molecular weight excluding hydrogens is 329 g/mol. The first kappa shape index (κ1) is 18.1. The van der Waals surface area contributed by atoms with Crippen LogP contribution in [0.4, 0.5) is 4.39 Å². The molecule has 0 fully saturated rings. The van der Waals surface area contributed by atoms with Crippen molar-refractivity contribution < 1.29 is 9.18 Å². The monoisotopic (exact) mass is 353 g/mol. The SMILES string of the molecule is CCCCCNC(=O)CC(c1cccc(F)c1)c1cnc2ccccn12. The molecule has 0 spiro atoms. The number of nitrogens with one attached hydrogen (secondary N) is 1. The van der Waals surface area contributed by atoms with E-state index in [0.29, 0.717) is 6.54 Å². The summed E-state index contributed by atoms with van der Waals surface area (Å²) in [6, 6.07) is 12.2. The first-order valence-electron chi connectivity index (χ1n) is 9.13. The summed E-state index contributed by atoms with van der Waals surface area (Å²) in [5.41, 5.74) is 2.47. The van der Waals surface area contributed by atoms with Crippen molar-refractivity contribution in [3.05, 3.63) is 71.9 Å². The van der Waals surface area contributed by atoms with Gasteiger partial charge in [-0.1, -0.05) is 38.0 Å². The first-order valence-corrected chi connectivity index (χ1v) is 9.13. The third-order valence-electron chi connectivity index (χ3n) is 4.55. The molecule has 26 heavy (non-hydrogen) atoms. The Balaban J connectivity index is 1.86. The molecule has 3 aromatic rings. The molecule has 2 aromatic heterocycles. The van der Waals surface area contributed by atoms with E-state index in [2.05, 4.69) is 17.2 Å². The highest BCUT2D eigenvalue weighted by atomic mass is 19.1. The van der Waals surface area contributed by atoms with E-state index in [9.17, 15) is 9.18 Å². The Morgan fingerprint density at radius 3 is 2.92 bits per heavy atom. The molecule has 0 aliphatic heterocycles. The summed E-state index contributed by atoms with van der Waals surface area (Å²) in [6.07, 6.45) is 7.14. The lowest BCUT2D eigenvalue weighted by Crippen LogP contribution is -2.26. The van der Waals surface area contributed by atoms with E-state index >= 15 is 0 Å². The molecule has 1 atom stereocenters. The predicted octanol–water partition coefficient (Wildman–Crippen LogP) is 4.30. The number of halogens is 1. The maximum absolute atomic E-state index is 13.8. The maximum Gasteiger partial charge on any atom is 0.221 e. The standard InChI is InChI=1S/C21H24FN3O/c1-2-3-5-11-23-21(26)14-18(16-8-7-9-17(22)13-16)19-15-24-20-10-4-6-12-25(19)20/h4,6-10,12-13,15,18H,2-3,5,11,14H2,1H3,(H,23,26). The van der Waals surface area contributed by atoms with E-state index < -0.39 is 0 Å². The van der Waals surface area contributed by atoms with Crippen LogP contribution in [-0.4, -0.2) is 21.8 Å². The van der Waals surface area contributed by atoms with Crippen molar-refractivity contribution in [3.63, 3.8) is 0 Å². The number of aromatic nitrogens is 2. The molecule has 0 aliphatic rings. The zero-order valence-corrected chi connectivity index (χ0v) is 15.0. The number of unbranched alkanes of at least 4 members (excludes halogenated alkanes) is 2. The van der Waals surface area contributed by atoms with Gasteiger partial charge in [0, 0.05) is 31.3 Å². The van der Waals surface area contributed by atoms with Crippen molar-refractivity contribution in [1.82, 2.24) is 14.7 Å². The lowest BCUT2D eigenvalue weighted by atomic mass is 9.92. The summed E-state index contributed by atoms with van der Waals surface area (Å²) in [5.74, 6) is -0.583. The Labute approximate surface area is 153 Å². The average molecular weight is 353 g/mol. The minimum Gasteiger partial charge on any atom is -0.356 e. The topological polar surface area (TPSA) is 46.4 Å². The van der Waals surface area contributed by atoms with E-state index in [1.165, 1.54) is 12.1 Å². The molecule has 4 nitrogen and oxygen atoms in total. The summed E-state index contributed by atoms with van der Waals surface area (Å²) in [4.78, 5) is 16.9. The van der Waals surface area contributed by atoms with Crippen LogP contribution in [-0.2, 0) is 4.79 Å². The van der Waals surface area contributed by atoms with Gasteiger partial charge < -0.3 is 9.72 Å². The fourth-order valence-electron chi connectivity index (χ4n) is 3.19. The number of amides is 1. The molecule has 136 valence electrons. The summed E-state index contributed by atoms with van der Waals surface area (Å²) >= 11 is 0. The quantitative estimate of drug-likeness (QED) is 0.614. The molecule has 3 rings (SSSR count). The molecule has 1 aromatic carbocycles. The number of benzene rings is 1. The second-order valence-corrected chi connectivity index (χ2v) is 6.48. The van der Waals surface area contributed by atoms with Crippen LogP contribution in [0, 0.1) is 5.82 Å². The van der Waals surface area contributed by atoms with E-state index in [4.69, 9.17) is 0 Å². The highest BCUT2D eigenvalue weighted by Gasteiger charge is 2.22. The second-order valence-electron chi connectivity index (χ2n) is 6.48. The van der Waals surface area contributed by atoms with Gasteiger partial charge in [0.15, 0.2) is 0 Å². The van der Waals surface area contributed by atoms with Crippen LogP contribution in [0.1, 0.15) is 49.8 Å². The number of carbonyl (C=O) groups is 1. The average Bonchev–Trinajstić information content (AvgIpc) is 3.07. The minimum absolute atomic E-state index is 0.0266. The Morgan fingerprint density at radius 1 is 1.23 bits per heavy atom. The third-order valence-corrected chi connectivity index (χ3v) is 4.55. The van der Waals surface area contributed by atoms with Crippen molar-refractivity contribution in [2.45, 2.75) is 38.5 Å². The van der Waals surface area contributed by atoms with E-state index in [1.807, 2.05) is 34.9 Å². The highest BCUT2D eigenvalue weighted by molar-refractivity contribution is 5.77. The van der Waals surface area contributed by atoms with Gasteiger partial charge in [-0.3, -0.25) is 4.79 Å². The zero-order chi connectivity index (χ0) is 18.4. The molecular formula is C21H24FN3O. The molecule has 0 saturated heterocycles. The number of carbonyl (C=O) groups excluding carboxylic acids is 1. The molecule has 0 aliphatic carbocycles. The van der Waals surface area contributed by atoms with Gasteiger partial charge in [0.2, 0.25) is 5.91 Å². The number of rotatable bonds is 8. The number of pyridine rings is 1. The molecule has 0 bridgehead atoms. The Hall–Kier alpha value is -2.69. The summed E-state index contributed by atoms with van der Waals surface area (Å²) in [5, 5.41) is 2.98. The van der Waals surface area contributed by atoms with Gasteiger partial charge in [-0.05, 0) is 36.2 Å². The summed E-state index contributed by atoms with van der Waals surface area (Å²) < 4.78 is 15.7. The number of imidazole rings is 1. The molecule has 1 amide bonds. The van der Waals surface area contributed by atoms with Crippen molar-refractivity contribution in [3.8, 4) is 0 Å². The number of nitrogens with zero attached hydrogens (tertiary/aromatic N) is 2. The van der Waals surface area contributed by atoms with Crippen LogP contribution < -0.4 is 5.32 Å². The van der Waals surface area contributed by atoms with Gasteiger partial charge in [-0.15, -0.1) is 0 Å². The number of fused-ring (bicyclic) bond motifs is 1. The minimum atomic E-state index is -0.301. The predicted molar refractivity (Wildman–Crippen MR) is 101 cm³/mol. The zero-order valence-electron chi connectivity index (χ0n) is 15.0. The van der Waals surface area contributed by atoms with Crippen LogP contribution in [0.3, 0.4) is 0 Å². The Morgan fingerprint density at radius 2 is 2.12 bits per heavy atom. The fraction of sp³-hybridized carbons (Fsp3) is 0.333. The van der Waals surface area contributed by atoms with Crippen molar-refractivity contribution in [1.29, 1.82) is 0 Å². The molecule has 1 N–H and O–H groups in total. The van der Waals surface area contributed by atoms with Gasteiger partial charge in [-0.25, -0.2) is 9.37 Å². The van der Waals surface area contributed by atoms with E-state index in [1.54, 1.807) is 12.3 Å². The van der Waals surface area contributed by atoms with Gasteiger partial charge in [-0.2, -0.15) is 0 Å². The Bertz CT molecular complexity index is 874. The summed E-state index contributed by atoms with van der Waals surface area (Å²) in [7, 11) is 0. The normalized spacial score (nSPS) is 12.2. The summed E-state index contributed by atoms with van der Waals surface area (Å²) in [6.45, 7) is 2.81. The van der Waals surface area contributed by atoms with Gasteiger partial charge >= 0.3 is 0 Å². The van der Waals surface area contributed by atoms with E-state index in [0.717, 1.165) is 36.2 Å².